The van der Waals surface area contributed by atoms with Gasteiger partial charge in [0.1, 0.15) is 6.54 Å². The summed E-state index contributed by atoms with van der Waals surface area (Å²) in [5.41, 5.74) is 1.11. The molecule has 0 fully saturated rings. The molecule has 6 heteroatoms. The molecule has 0 saturated carbocycles. The fraction of sp³-hybridized carbons (Fsp3) is 0.118. The fourth-order valence-corrected chi connectivity index (χ4v) is 2.48. The van der Waals surface area contributed by atoms with Crippen molar-refractivity contribution < 1.29 is 4.79 Å². The molecule has 2 aromatic carbocycles. The maximum absolute atomic E-state index is 12.3. The van der Waals surface area contributed by atoms with Gasteiger partial charge in [0.05, 0.1) is 11.6 Å². The SMILES string of the molecule is Cc1c(Cl)cccc1NC(=O)Cn1ncc2ccccc2c1=O. The predicted octanol–water partition coefficient (Wildman–Crippen LogP) is 3.00. The molecule has 3 aromatic rings. The molecular formula is C17H14ClN3O2. The van der Waals surface area contributed by atoms with Crippen LogP contribution in [0.15, 0.2) is 53.5 Å². The highest BCUT2D eigenvalue weighted by Gasteiger charge is 2.10. The van der Waals surface area contributed by atoms with Gasteiger partial charge in [0.25, 0.3) is 5.56 Å². The Morgan fingerprint density at radius 2 is 2.00 bits per heavy atom. The monoisotopic (exact) mass is 327 g/mol. The van der Waals surface area contributed by atoms with Crippen LogP contribution >= 0.6 is 11.6 Å². The first-order chi connectivity index (χ1) is 11.1. The van der Waals surface area contributed by atoms with E-state index in [4.69, 9.17) is 11.6 Å². The van der Waals surface area contributed by atoms with Gasteiger partial charge in [-0.3, -0.25) is 9.59 Å². The topological polar surface area (TPSA) is 64.0 Å². The molecule has 1 N–H and O–H groups in total. The molecule has 116 valence electrons. The lowest BCUT2D eigenvalue weighted by atomic mass is 10.2. The lowest BCUT2D eigenvalue weighted by molar-refractivity contribution is -0.117. The third kappa shape index (κ3) is 3.10. The number of nitrogens with zero attached hydrogens (tertiary/aromatic N) is 2. The number of nitrogens with one attached hydrogen (secondary N) is 1. The second kappa shape index (κ2) is 6.22. The standard InChI is InChI=1S/C17H14ClN3O2/c1-11-14(18)7-4-8-15(11)20-16(22)10-21-17(23)13-6-3-2-5-12(13)9-19-21/h2-9H,10H2,1H3,(H,20,22). The number of anilines is 1. The Kier molecular flexibility index (Phi) is 4.12. The minimum absolute atomic E-state index is 0.157. The molecule has 1 aromatic heterocycles. The summed E-state index contributed by atoms with van der Waals surface area (Å²) < 4.78 is 1.15. The van der Waals surface area contributed by atoms with Crippen molar-refractivity contribution in [2.24, 2.45) is 0 Å². The zero-order valence-electron chi connectivity index (χ0n) is 12.4. The normalized spacial score (nSPS) is 10.7. The zero-order chi connectivity index (χ0) is 16.4. The highest BCUT2D eigenvalue weighted by Crippen LogP contribution is 2.22. The van der Waals surface area contributed by atoms with Crippen molar-refractivity contribution in [3.05, 3.63) is 69.6 Å². The lowest BCUT2D eigenvalue weighted by Crippen LogP contribution is -2.29. The van der Waals surface area contributed by atoms with Crippen LogP contribution in [0, 0.1) is 6.92 Å². The molecule has 0 aliphatic heterocycles. The van der Waals surface area contributed by atoms with Gasteiger partial charge in [0, 0.05) is 16.1 Å². The molecule has 0 radical (unpaired) electrons. The molecule has 5 nitrogen and oxygen atoms in total. The van der Waals surface area contributed by atoms with Crippen molar-refractivity contribution in [3.8, 4) is 0 Å². The summed E-state index contributed by atoms with van der Waals surface area (Å²) in [5.74, 6) is -0.333. The molecule has 0 aliphatic carbocycles. The van der Waals surface area contributed by atoms with Crippen LogP contribution in [0.3, 0.4) is 0 Å². The number of fused-ring (bicyclic) bond motifs is 1. The third-order valence-electron chi connectivity index (χ3n) is 3.60. The average Bonchev–Trinajstić information content (AvgIpc) is 2.55. The van der Waals surface area contributed by atoms with Crippen LogP contribution in [0.1, 0.15) is 5.56 Å². The fourth-order valence-electron chi connectivity index (χ4n) is 2.31. The predicted molar refractivity (Wildman–Crippen MR) is 90.8 cm³/mol. The van der Waals surface area contributed by atoms with E-state index in [-0.39, 0.29) is 18.0 Å². The Balaban J connectivity index is 1.85. The van der Waals surface area contributed by atoms with E-state index in [1.807, 2.05) is 19.1 Å². The summed E-state index contributed by atoms with van der Waals surface area (Å²) in [6.07, 6.45) is 1.58. The Bertz CT molecular complexity index is 950. The summed E-state index contributed by atoms with van der Waals surface area (Å²) in [5, 5.41) is 8.66. The second-order valence-electron chi connectivity index (χ2n) is 5.16. The summed E-state index contributed by atoms with van der Waals surface area (Å²) in [6.45, 7) is 1.66. The Hall–Kier alpha value is -2.66. The molecule has 0 unspecified atom stereocenters. The van der Waals surface area contributed by atoms with Gasteiger partial charge in [-0.1, -0.05) is 35.9 Å². The summed E-state index contributed by atoms with van der Waals surface area (Å²) in [6, 6.07) is 12.4. The van der Waals surface area contributed by atoms with Crippen LogP contribution in [-0.2, 0) is 11.3 Å². The number of hydrogen-bond acceptors (Lipinski definition) is 3. The molecule has 0 spiro atoms. The molecule has 1 amide bonds. The quantitative estimate of drug-likeness (QED) is 0.804. The maximum Gasteiger partial charge on any atom is 0.275 e. The van der Waals surface area contributed by atoms with Crippen LogP contribution in [0.4, 0.5) is 5.69 Å². The van der Waals surface area contributed by atoms with E-state index in [9.17, 15) is 9.59 Å². The smallest absolute Gasteiger partial charge is 0.275 e. The second-order valence-corrected chi connectivity index (χ2v) is 5.56. The van der Waals surface area contributed by atoms with E-state index in [1.54, 1.807) is 36.5 Å². The molecule has 0 bridgehead atoms. The van der Waals surface area contributed by atoms with E-state index >= 15 is 0 Å². The molecular weight excluding hydrogens is 314 g/mol. The van der Waals surface area contributed by atoms with E-state index < -0.39 is 0 Å². The van der Waals surface area contributed by atoms with Gasteiger partial charge < -0.3 is 5.32 Å². The number of carbonyl (C=O) groups excluding carboxylic acids is 1. The molecule has 0 atom stereocenters. The third-order valence-corrected chi connectivity index (χ3v) is 4.01. The van der Waals surface area contributed by atoms with Crippen LogP contribution in [0.2, 0.25) is 5.02 Å². The molecule has 0 saturated heterocycles. The Morgan fingerprint density at radius 1 is 1.22 bits per heavy atom. The number of benzene rings is 2. The average molecular weight is 328 g/mol. The number of hydrogen-bond donors (Lipinski definition) is 1. The van der Waals surface area contributed by atoms with Crippen LogP contribution in [-0.4, -0.2) is 15.7 Å². The number of carbonyl (C=O) groups is 1. The van der Waals surface area contributed by atoms with Crippen molar-refractivity contribution in [2.45, 2.75) is 13.5 Å². The van der Waals surface area contributed by atoms with E-state index in [0.717, 1.165) is 15.6 Å². The van der Waals surface area contributed by atoms with Gasteiger partial charge in [-0.05, 0) is 30.7 Å². The Labute approximate surface area is 137 Å². The van der Waals surface area contributed by atoms with E-state index in [0.29, 0.717) is 16.1 Å². The van der Waals surface area contributed by atoms with Crippen LogP contribution in [0.5, 0.6) is 0 Å². The van der Waals surface area contributed by atoms with E-state index in [1.165, 1.54) is 0 Å². The van der Waals surface area contributed by atoms with Gasteiger partial charge in [-0.25, -0.2) is 4.68 Å². The highest BCUT2D eigenvalue weighted by atomic mass is 35.5. The first-order valence-electron chi connectivity index (χ1n) is 7.06. The van der Waals surface area contributed by atoms with Gasteiger partial charge in [-0.2, -0.15) is 5.10 Å². The summed E-state index contributed by atoms with van der Waals surface area (Å²) >= 11 is 6.03. The molecule has 23 heavy (non-hydrogen) atoms. The van der Waals surface area contributed by atoms with Crippen LogP contribution < -0.4 is 10.9 Å². The minimum atomic E-state index is -0.333. The van der Waals surface area contributed by atoms with Gasteiger partial charge in [0.2, 0.25) is 5.91 Å². The first-order valence-corrected chi connectivity index (χ1v) is 7.44. The molecule has 0 aliphatic rings. The Morgan fingerprint density at radius 3 is 2.83 bits per heavy atom. The van der Waals surface area contributed by atoms with Gasteiger partial charge >= 0.3 is 0 Å². The first kappa shape index (κ1) is 15.2. The number of amides is 1. The van der Waals surface area contributed by atoms with Gasteiger partial charge in [-0.15, -0.1) is 0 Å². The maximum atomic E-state index is 12.3. The number of rotatable bonds is 3. The van der Waals surface area contributed by atoms with Gasteiger partial charge in [0.15, 0.2) is 0 Å². The number of aromatic nitrogens is 2. The van der Waals surface area contributed by atoms with Crippen molar-refractivity contribution in [1.29, 1.82) is 0 Å². The largest absolute Gasteiger partial charge is 0.324 e. The van der Waals surface area contributed by atoms with Crippen molar-refractivity contribution in [3.63, 3.8) is 0 Å². The highest BCUT2D eigenvalue weighted by molar-refractivity contribution is 6.31. The molecule has 1 heterocycles. The lowest BCUT2D eigenvalue weighted by Gasteiger charge is -2.10. The van der Waals surface area contributed by atoms with E-state index in [2.05, 4.69) is 10.4 Å². The zero-order valence-corrected chi connectivity index (χ0v) is 13.2. The minimum Gasteiger partial charge on any atom is -0.324 e. The molecule has 3 rings (SSSR count). The van der Waals surface area contributed by atoms with Crippen molar-refractivity contribution in [2.75, 3.05) is 5.32 Å². The summed E-state index contributed by atoms with van der Waals surface area (Å²) in [4.78, 5) is 24.5. The van der Waals surface area contributed by atoms with Crippen LogP contribution in [0.25, 0.3) is 10.8 Å². The van der Waals surface area contributed by atoms with Crippen molar-refractivity contribution in [1.82, 2.24) is 9.78 Å². The summed E-state index contributed by atoms with van der Waals surface area (Å²) in [7, 11) is 0. The number of halogens is 1. The van der Waals surface area contributed by atoms with Crippen molar-refractivity contribution >= 4 is 34.0 Å².